The van der Waals surface area contributed by atoms with Crippen molar-refractivity contribution in [1.82, 2.24) is 14.0 Å². The van der Waals surface area contributed by atoms with Crippen molar-refractivity contribution < 1.29 is 14.7 Å². The van der Waals surface area contributed by atoms with E-state index in [1.165, 1.54) is 62.9 Å². The van der Waals surface area contributed by atoms with Crippen molar-refractivity contribution in [1.29, 1.82) is 0 Å². The molecule has 34 heavy (non-hydrogen) atoms. The maximum Gasteiger partial charge on any atom is 0.333 e. The molecule has 0 atom stereocenters. The van der Waals surface area contributed by atoms with Crippen molar-refractivity contribution in [3.8, 4) is 5.88 Å². The summed E-state index contributed by atoms with van der Waals surface area (Å²) in [4.78, 5) is 50.0. The number of imide groups is 1. The van der Waals surface area contributed by atoms with E-state index in [9.17, 15) is 24.3 Å². The number of aromatic nitrogens is 2. The number of hydrogen-bond donors (Lipinski definition) is 1. The van der Waals surface area contributed by atoms with Crippen LogP contribution in [0, 0.1) is 5.92 Å². The number of rotatable bonds is 7. The molecule has 1 aliphatic rings. The average Bonchev–Trinajstić information content (AvgIpc) is 3.04. The molecule has 2 amide bonds. The van der Waals surface area contributed by atoms with E-state index < -0.39 is 28.7 Å². The zero-order valence-corrected chi connectivity index (χ0v) is 20.7. The molecule has 3 rings (SSSR count). The van der Waals surface area contributed by atoms with Crippen molar-refractivity contribution in [2.24, 2.45) is 30.2 Å². The zero-order chi connectivity index (χ0) is 25.6. The Morgan fingerprint density at radius 1 is 0.882 bits per heavy atom. The van der Waals surface area contributed by atoms with Crippen LogP contribution >= 0.6 is 0 Å². The monoisotopic (exact) mass is 471 g/mol. The molecule has 0 aliphatic carbocycles. The molecular weight excluding hydrogens is 438 g/mol. The van der Waals surface area contributed by atoms with Gasteiger partial charge >= 0.3 is 5.69 Å². The van der Waals surface area contributed by atoms with Gasteiger partial charge in [0, 0.05) is 20.6 Å². The smallest absolute Gasteiger partial charge is 0.333 e. The normalized spacial score (nSPS) is 13.0. The van der Waals surface area contributed by atoms with Gasteiger partial charge in [-0.2, -0.15) is 5.11 Å². The first kappa shape index (κ1) is 26.7. The molecule has 10 nitrogen and oxygen atoms in total. The Balaban J connectivity index is 0.000000604. The summed E-state index contributed by atoms with van der Waals surface area (Å²) in [5, 5.41) is 17.6. The lowest BCUT2D eigenvalue weighted by Crippen LogP contribution is -2.36. The van der Waals surface area contributed by atoms with Crippen LogP contribution in [0.1, 0.15) is 74.1 Å². The second kappa shape index (κ2) is 11.5. The molecule has 1 aliphatic heterocycles. The van der Waals surface area contributed by atoms with E-state index in [1.807, 2.05) is 13.8 Å². The highest BCUT2D eigenvalue weighted by atomic mass is 16.3. The predicted molar refractivity (Wildman–Crippen MR) is 129 cm³/mol. The maximum atomic E-state index is 12.5. The molecule has 0 fully saturated rings. The Morgan fingerprint density at radius 2 is 1.47 bits per heavy atom. The minimum absolute atomic E-state index is 0.130. The quantitative estimate of drug-likeness (QED) is 0.370. The molecule has 0 radical (unpaired) electrons. The Kier molecular flexibility index (Phi) is 9.05. The molecule has 1 N–H and O–H groups in total. The fourth-order valence-electron chi connectivity index (χ4n) is 3.38. The summed E-state index contributed by atoms with van der Waals surface area (Å²) < 4.78 is 1.66. The van der Waals surface area contributed by atoms with Gasteiger partial charge in [-0.1, -0.05) is 53.4 Å². The van der Waals surface area contributed by atoms with E-state index in [2.05, 4.69) is 24.1 Å². The van der Waals surface area contributed by atoms with Gasteiger partial charge in [-0.3, -0.25) is 28.4 Å². The summed E-state index contributed by atoms with van der Waals surface area (Å²) in [7, 11) is 2.55. The molecule has 0 spiro atoms. The molecule has 10 heteroatoms. The van der Waals surface area contributed by atoms with Gasteiger partial charge in [-0.05, 0) is 24.1 Å². The number of nitrogens with zero attached hydrogens (tertiary/aromatic N) is 5. The maximum absolute atomic E-state index is 12.5. The number of carbonyl (C=O) groups is 2. The van der Waals surface area contributed by atoms with Crippen LogP contribution < -0.4 is 11.2 Å². The van der Waals surface area contributed by atoms with E-state index in [1.54, 1.807) is 0 Å². The highest BCUT2D eigenvalue weighted by molar-refractivity contribution is 6.21. The SMILES string of the molecule is CC(C)CN1C(=O)c2ccc(N=Nc3c(O)n(C)c(=O)n(C)c3=O)cc2C1=O.CCCCCC. The molecule has 0 saturated heterocycles. The summed E-state index contributed by atoms with van der Waals surface area (Å²) in [5.74, 6) is -1.26. The molecule has 0 unspecified atom stereocenters. The van der Waals surface area contributed by atoms with Crippen molar-refractivity contribution >= 4 is 23.2 Å². The lowest BCUT2D eigenvalue weighted by Gasteiger charge is -2.15. The third-order valence-corrected chi connectivity index (χ3v) is 5.34. The number of amides is 2. The van der Waals surface area contributed by atoms with Gasteiger partial charge in [0.2, 0.25) is 11.6 Å². The standard InChI is InChI=1S/C18H19N5O5.C6H14/c1-9(2)8-23-14(24)11-6-5-10(7-12(11)15(23)25)19-20-13-16(26)21(3)18(28)22(4)17(13)27;1-3-5-6-4-2/h5-7,9,26H,8H2,1-4H3;3-6H2,1-2H3. The number of hydrogen-bond acceptors (Lipinski definition) is 7. The van der Waals surface area contributed by atoms with Gasteiger partial charge < -0.3 is 5.11 Å². The zero-order valence-electron chi connectivity index (χ0n) is 20.7. The van der Waals surface area contributed by atoms with Crippen LogP contribution in [-0.2, 0) is 14.1 Å². The summed E-state index contributed by atoms with van der Waals surface area (Å²) in [6, 6.07) is 4.36. The van der Waals surface area contributed by atoms with Crippen molar-refractivity contribution in [3.05, 3.63) is 50.2 Å². The molecule has 2 aromatic rings. The fraction of sp³-hybridized carbons (Fsp3) is 0.500. The summed E-state index contributed by atoms with van der Waals surface area (Å²) in [6.07, 6.45) is 5.54. The third-order valence-electron chi connectivity index (χ3n) is 5.34. The summed E-state index contributed by atoms with van der Waals surface area (Å²) >= 11 is 0. The Morgan fingerprint density at radius 3 is 2.03 bits per heavy atom. The van der Waals surface area contributed by atoms with E-state index in [4.69, 9.17) is 0 Å². The molecule has 0 bridgehead atoms. The summed E-state index contributed by atoms with van der Waals surface area (Å²) in [5.41, 5.74) is -1.20. The van der Waals surface area contributed by atoms with Gasteiger partial charge in [0.05, 0.1) is 16.8 Å². The molecule has 184 valence electrons. The van der Waals surface area contributed by atoms with Gasteiger partial charge in [0.15, 0.2) is 0 Å². The van der Waals surface area contributed by atoms with Gasteiger partial charge in [0.25, 0.3) is 17.4 Å². The third kappa shape index (κ3) is 5.67. The number of azo groups is 1. The van der Waals surface area contributed by atoms with Crippen LogP contribution in [0.4, 0.5) is 11.4 Å². The number of aromatic hydroxyl groups is 1. The highest BCUT2D eigenvalue weighted by Crippen LogP contribution is 2.29. The van der Waals surface area contributed by atoms with Crippen LogP contribution in [0.5, 0.6) is 5.88 Å². The minimum atomic E-state index is -0.806. The van der Waals surface area contributed by atoms with E-state index in [-0.39, 0.29) is 28.6 Å². The van der Waals surface area contributed by atoms with E-state index >= 15 is 0 Å². The molecule has 1 aromatic heterocycles. The minimum Gasteiger partial charge on any atom is -0.493 e. The Labute approximate surface area is 198 Å². The number of carbonyl (C=O) groups excluding carboxylic acids is 2. The van der Waals surface area contributed by atoms with Crippen LogP contribution in [-0.4, -0.2) is 37.5 Å². The lowest BCUT2D eigenvalue weighted by molar-refractivity contribution is 0.0636. The van der Waals surface area contributed by atoms with Crippen LogP contribution in [0.25, 0.3) is 0 Å². The first-order chi connectivity index (χ1) is 16.0. The van der Waals surface area contributed by atoms with Gasteiger partial charge in [0.1, 0.15) is 0 Å². The summed E-state index contributed by atoms with van der Waals surface area (Å²) in [6.45, 7) is 8.59. The van der Waals surface area contributed by atoms with E-state index in [0.717, 1.165) is 9.13 Å². The van der Waals surface area contributed by atoms with E-state index in [0.29, 0.717) is 6.54 Å². The van der Waals surface area contributed by atoms with Gasteiger partial charge in [-0.25, -0.2) is 4.79 Å². The Bertz CT molecular complexity index is 1210. The molecule has 0 saturated carbocycles. The lowest BCUT2D eigenvalue weighted by atomic mass is 10.1. The molecule has 1 aromatic carbocycles. The average molecular weight is 472 g/mol. The van der Waals surface area contributed by atoms with Crippen molar-refractivity contribution in [2.75, 3.05) is 6.54 Å². The largest absolute Gasteiger partial charge is 0.493 e. The van der Waals surface area contributed by atoms with Crippen molar-refractivity contribution in [2.45, 2.75) is 53.4 Å². The van der Waals surface area contributed by atoms with Crippen molar-refractivity contribution in [3.63, 3.8) is 0 Å². The number of fused-ring (bicyclic) bond motifs is 1. The second-order valence-electron chi connectivity index (χ2n) is 8.63. The number of benzene rings is 1. The van der Waals surface area contributed by atoms with Crippen LogP contribution in [0.15, 0.2) is 38.0 Å². The highest BCUT2D eigenvalue weighted by Gasteiger charge is 2.35. The fourth-order valence-corrected chi connectivity index (χ4v) is 3.38. The number of unbranched alkanes of at least 4 members (excludes halogenated alkanes) is 3. The topological polar surface area (TPSA) is 126 Å². The predicted octanol–water partition coefficient (Wildman–Crippen LogP) is 4.04. The first-order valence-electron chi connectivity index (χ1n) is 11.5. The first-order valence-corrected chi connectivity index (χ1v) is 11.5. The van der Waals surface area contributed by atoms with Gasteiger partial charge in [-0.15, -0.1) is 5.11 Å². The van der Waals surface area contributed by atoms with Crippen LogP contribution in [0.2, 0.25) is 0 Å². The molecule has 2 heterocycles. The Hall–Kier alpha value is -3.56. The molecular formula is C24H33N5O5. The van der Waals surface area contributed by atoms with Crippen LogP contribution in [0.3, 0.4) is 0 Å². The second-order valence-corrected chi connectivity index (χ2v) is 8.63.